The van der Waals surface area contributed by atoms with Crippen LogP contribution in [0.4, 0.5) is 5.69 Å². The largest absolute Gasteiger partial charge is 0.456 e. The zero-order chi connectivity index (χ0) is 15.8. The van der Waals surface area contributed by atoms with Crippen molar-refractivity contribution in [2.75, 3.05) is 25.1 Å². The van der Waals surface area contributed by atoms with E-state index in [9.17, 15) is 14.4 Å². The molecule has 0 aromatic heterocycles. The van der Waals surface area contributed by atoms with Gasteiger partial charge in [0, 0.05) is 24.4 Å². The van der Waals surface area contributed by atoms with Gasteiger partial charge in [-0.1, -0.05) is 17.2 Å². The van der Waals surface area contributed by atoms with Gasteiger partial charge in [0.15, 0.2) is 12.4 Å². The number of Topliss-reactive ketones (excluding diaryl/α,β-unsaturated/α-hetero) is 1. The van der Waals surface area contributed by atoms with E-state index >= 15 is 0 Å². The predicted octanol–water partition coefficient (Wildman–Crippen LogP) is 1.71. The van der Waals surface area contributed by atoms with Crippen LogP contribution in [0.5, 0.6) is 0 Å². The van der Waals surface area contributed by atoms with Crippen LogP contribution in [0.2, 0.25) is 0 Å². The highest BCUT2D eigenvalue weighted by Gasteiger charge is 2.18. The number of carbonyl (C=O) groups excluding carboxylic acids is 3. The molecular formula is C13H14N4O4. The van der Waals surface area contributed by atoms with Gasteiger partial charge in [0.25, 0.3) is 5.91 Å². The summed E-state index contributed by atoms with van der Waals surface area (Å²) in [6, 6.07) is 6.40. The van der Waals surface area contributed by atoms with Crippen LogP contribution in [0, 0.1) is 0 Å². The van der Waals surface area contributed by atoms with E-state index in [-0.39, 0.29) is 12.1 Å². The van der Waals surface area contributed by atoms with Crippen molar-refractivity contribution in [3.63, 3.8) is 0 Å². The summed E-state index contributed by atoms with van der Waals surface area (Å²) in [7, 11) is 1.46. The van der Waals surface area contributed by atoms with Crippen molar-refractivity contribution in [1.82, 2.24) is 0 Å². The van der Waals surface area contributed by atoms with Crippen molar-refractivity contribution in [2.45, 2.75) is 6.92 Å². The number of benzene rings is 1. The predicted molar refractivity (Wildman–Crippen MR) is 74.8 cm³/mol. The van der Waals surface area contributed by atoms with Crippen molar-refractivity contribution in [3.05, 3.63) is 40.3 Å². The van der Waals surface area contributed by atoms with E-state index in [0.717, 1.165) is 0 Å². The molecule has 110 valence electrons. The second-order valence-electron chi connectivity index (χ2n) is 4.06. The van der Waals surface area contributed by atoms with Crippen molar-refractivity contribution in [3.8, 4) is 0 Å². The van der Waals surface area contributed by atoms with Crippen LogP contribution >= 0.6 is 0 Å². The van der Waals surface area contributed by atoms with Gasteiger partial charge < -0.3 is 9.64 Å². The van der Waals surface area contributed by atoms with Crippen LogP contribution in [0.25, 0.3) is 10.4 Å². The van der Waals surface area contributed by atoms with Crippen LogP contribution < -0.4 is 4.90 Å². The Morgan fingerprint density at radius 3 is 2.62 bits per heavy atom. The summed E-state index contributed by atoms with van der Waals surface area (Å²) in [4.78, 5) is 38.3. The molecule has 8 heteroatoms. The Bertz CT molecular complexity index is 608. The molecule has 0 aliphatic rings. The van der Waals surface area contributed by atoms with Crippen LogP contribution in [0.15, 0.2) is 29.4 Å². The average Bonchev–Trinajstić information content (AvgIpc) is 2.49. The molecule has 0 spiro atoms. The number of esters is 1. The van der Waals surface area contributed by atoms with E-state index in [1.165, 1.54) is 24.9 Å². The minimum absolute atomic E-state index is 0.253. The zero-order valence-corrected chi connectivity index (χ0v) is 11.6. The van der Waals surface area contributed by atoms with Gasteiger partial charge in [-0.25, -0.2) is 0 Å². The van der Waals surface area contributed by atoms with Crippen LogP contribution in [-0.2, 0) is 14.3 Å². The van der Waals surface area contributed by atoms with E-state index in [1.54, 1.807) is 18.2 Å². The van der Waals surface area contributed by atoms with Crippen molar-refractivity contribution in [1.29, 1.82) is 0 Å². The molecule has 0 aliphatic heterocycles. The highest BCUT2D eigenvalue weighted by molar-refractivity contribution is 6.06. The number of ketones is 1. The lowest BCUT2D eigenvalue weighted by Gasteiger charge is -2.19. The summed E-state index contributed by atoms with van der Waals surface area (Å²) in [5, 5.41) is 3.21. The maximum atomic E-state index is 11.9. The Morgan fingerprint density at radius 2 is 2.00 bits per heavy atom. The second-order valence-corrected chi connectivity index (χ2v) is 4.06. The molecule has 0 atom stereocenters. The number of azide groups is 1. The molecule has 8 nitrogen and oxygen atoms in total. The molecule has 0 heterocycles. The number of hydrogen-bond donors (Lipinski definition) is 0. The van der Waals surface area contributed by atoms with Crippen LogP contribution in [0.3, 0.4) is 0 Å². The molecule has 1 amide bonds. The summed E-state index contributed by atoms with van der Waals surface area (Å²) in [6.45, 7) is 0.453. The van der Waals surface area contributed by atoms with Gasteiger partial charge in [0.1, 0.15) is 0 Å². The molecule has 0 radical (unpaired) electrons. The number of amides is 1. The lowest BCUT2D eigenvalue weighted by molar-refractivity contribution is -0.145. The third-order valence-corrected chi connectivity index (χ3v) is 2.62. The minimum atomic E-state index is -0.565. The molecule has 1 rings (SSSR count). The highest BCUT2D eigenvalue weighted by Crippen LogP contribution is 2.20. The van der Waals surface area contributed by atoms with Crippen LogP contribution in [0.1, 0.15) is 17.3 Å². The molecule has 0 fully saturated rings. The first-order valence-electron chi connectivity index (χ1n) is 6.00. The summed E-state index contributed by atoms with van der Waals surface area (Å²) in [5.41, 5.74) is 8.85. The fraction of sp³-hybridized carbons (Fsp3) is 0.308. The number of ether oxygens (including phenoxy) is 1. The van der Waals surface area contributed by atoms with Crippen molar-refractivity contribution >= 4 is 23.3 Å². The molecule has 0 bridgehead atoms. The monoisotopic (exact) mass is 290 g/mol. The van der Waals surface area contributed by atoms with E-state index in [1.807, 2.05) is 0 Å². The average molecular weight is 290 g/mol. The number of anilines is 1. The van der Waals surface area contributed by atoms with E-state index in [4.69, 9.17) is 5.53 Å². The first-order chi connectivity index (χ1) is 9.97. The first kappa shape index (κ1) is 16.2. The van der Waals surface area contributed by atoms with Gasteiger partial charge in [0.2, 0.25) is 0 Å². The topological polar surface area (TPSA) is 112 Å². The molecule has 0 unspecified atom stereocenters. The molecule has 1 aromatic carbocycles. The third-order valence-electron chi connectivity index (χ3n) is 2.62. The molecule has 21 heavy (non-hydrogen) atoms. The van der Waals surface area contributed by atoms with Gasteiger partial charge in [-0.2, -0.15) is 0 Å². The highest BCUT2D eigenvalue weighted by atomic mass is 16.5. The molecular weight excluding hydrogens is 276 g/mol. The fourth-order valence-corrected chi connectivity index (χ4v) is 1.58. The Kier molecular flexibility index (Phi) is 5.91. The number of nitrogens with zero attached hydrogens (tertiary/aromatic N) is 4. The molecule has 1 aromatic rings. The van der Waals surface area contributed by atoms with Crippen molar-refractivity contribution < 1.29 is 19.1 Å². The van der Waals surface area contributed by atoms with Crippen molar-refractivity contribution in [2.24, 2.45) is 5.11 Å². The van der Waals surface area contributed by atoms with Gasteiger partial charge >= 0.3 is 5.97 Å². The summed E-state index contributed by atoms with van der Waals surface area (Å²) in [5.74, 6) is -1.45. The SMILES string of the molecule is CC(=O)OCC(=O)N(C)c1ccccc1C(=O)CN=[N+]=[N-]. The Balaban J connectivity index is 2.96. The van der Waals surface area contributed by atoms with Gasteiger partial charge in [0.05, 0.1) is 12.2 Å². The number of carbonyl (C=O) groups is 3. The summed E-state index contributed by atoms with van der Waals surface area (Å²) < 4.78 is 4.63. The Labute approximate surface area is 120 Å². The number of hydrogen-bond acceptors (Lipinski definition) is 5. The molecule has 0 saturated carbocycles. The Morgan fingerprint density at radius 1 is 1.33 bits per heavy atom. The molecule has 0 aliphatic carbocycles. The van der Waals surface area contributed by atoms with E-state index in [0.29, 0.717) is 5.69 Å². The first-order valence-corrected chi connectivity index (χ1v) is 6.00. The van der Waals surface area contributed by atoms with Gasteiger partial charge in [-0.3, -0.25) is 14.4 Å². The molecule has 0 saturated heterocycles. The van der Waals surface area contributed by atoms with Crippen LogP contribution in [-0.4, -0.2) is 37.9 Å². The quantitative estimate of drug-likeness (QED) is 0.261. The Hall–Kier alpha value is -2.86. The fourth-order valence-electron chi connectivity index (χ4n) is 1.58. The smallest absolute Gasteiger partial charge is 0.303 e. The standard InChI is InChI=1S/C13H14N4O4/c1-9(18)21-8-13(20)17(2)11-6-4-3-5-10(11)12(19)7-15-16-14/h3-6H,7-8H2,1-2H3. The third kappa shape index (κ3) is 4.63. The van der Waals surface area contributed by atoms with E-state index in [2.05, 4.69) is 14.8 Å². The second kappa shape index (κ2) is 7.66. The normalized spacial score (nSPS) is 9.43. The minimum Gasteiger partial charge on any atom is -0.456 e. The zero-order valence-electron chi connectivity index (χ0n) is 11.6. The lowest BCUT2D eigenvalue weighted by atomic mass is 10.1. The molecule has 0 N–H and O–H groups in total. The lowest BCUT2D eigenvalue weighted by Crippen LogP contribution is -2.32. The maximum Gasteiger partial charge on any atom is 0.303 e. The number of para-hydroxylation sites is 1. The van der Waals surface area contributed by atoms with Gasteiger partial charge in [-0.05, 0) is 17.7 Å². The number of likely N-dealkylation sites (N-methyl/N-ethyl adjacent to an activating group) is 1. The van der Waals surface area contributed by atoms with E-state index < -0.39 is 24.3 Å². The summed E-state index contributed by atoms with van der Waals surface area (Å²) in [6.07, 6.45) is 0. The maximum absolute atomic E-state index is 11.9. The number of rotatable bonds is 6. The van der Waals surface area contributed by atoms with Gasteiger partial charge in [-0.15, -0.1) is 0 Å². The summed E-state index contributed by atoms with van der Waals surface area (Å²) >= 11 is 0.